The van der Waals surface area contributed by atoms with Crippen LogP contribution in [0.1, 0.15) is 10.4 Å². The maximum Gasteiger partial charge on any atom is 0.569 e. The highest BCUT2D eigenvalue weighted by Crippen LogP contribution is 2.11. The predicted molar refractivity (Wildman–Crippen MR) is 46.4 cm³/mol. The Morgan fingerprint density at radius 3 is 2.46 bits per heavy atom. The summed E-state index contributed by atoms with van der Waals surface area (Å²) in [7, 11) is 1.89. The van der Waals surface area contributed by atoms with Crippen molar-refractivity contribution in [2.24, 2.45) is 0 Å². The molecular weight excluding hydrogens is 171 g/mol. The second-order valence-electron chi connectivity index (χ2n) is 2.24. The summed E-state index contributed by atoms with van der Waals surface area (Å²) in [5, 5.41) is 8.31. The van der Waals surface area contributed by atoms with Crippen molar-refractivity contribution in [3.05, 3.63) is 29.8 Å². The molecule has 4 nitrogen and oxygen atoms in total. The van der Waals surface area contributed by atoms with E-state index in [0.29, 0.717) is 19.0 Å². The predicted octanol–water partition coefficient (Wildman–Crippen LogP) is 0.379. The van der Waals surface area contributed by atoms with Crippen molar-refractivity contribution >= 4 is 13.7 Å². The smallest absolute Gasteiger partial charge is 0.537 e. The fraction of sp³-hybridized carbons (Fsp3) is 0.125. The molecule has 0 unspecified atom stereocenters. The van der Waals surface area contributed by atoms with Crippen molar-refractivity contribution < 1.29 is 19.2 Å². The molecule has 5 heteroatoms. The van der Waals surface area contributed by atoms with Crippen LogP contribution in [-0.2, 0) is 4.74 Å². The summed E-state index contributed by atoms with van der Waals surface area (Å²) >= 11 is 0. The van der Waals surface area contributed by atoms with Gasteiger partial charge in [-0.05, 0) is 24.3 Å². The molecule has 1 rings (SSSR count). The molecule has 0 aliphatic rings. The van der Waals surface area contributed by atoms with Crippen LogP contribution in [0.4, 0.5) is 0 Å². The van der Waals surface area contributed by atoms with Gasteiger partial charge in [0.2, 0.25) is 0 Å². The molecule has 13 heavy (non-hydrogen) atoms. The summed E-state index contributed by atoms with van der Waals surface area (Å²) in [6, 6.07) is 6.20. The zero-order valence-electron chi connectivity index (χ0n) is 7.06. The molecule has 0 amide bonds. The highest BCUT2D eigenvalue weighted by molar-refractivity contribution is 6.17. The molecule has 0 heterocycles. The van der Waals surface area contributed by atoms with Crippen LogP contribution in [0.25, 0.3) is 0 Å². The molecule has 67 valence electrons. The third-order valence-electron chi connectivity index (χ3n) is 1.46. The van der Waals surface area contributed by atoms with Gasteiger partial charge < -0.3 is 14.4 Å². The average Bonchev–Trinajstić information content (AvgIpc) is 2.18. The Balaban J connectivity index is 2.75. The zero-order valence-corrected chi connectivity index (χ0v) is 7.06. The number of esters is 1. The third kappa shape index (κ3) is 2.49. The van der Waals surface area contributed by atoms with E-state index in [4.69, 9.17) is 5.02 Å². The van der Waals surface area contributed by atoms with Crippen LogP contribution in [0.15, 0.2) is 24.3 Å². The molecule has 0 aromatic heterocycles. The number of carbonyl (C=O) groups excluding carboxylic acids is 1. The topological polar surface area (TPSA) is 55.8 Å². The Morgan fingerprint density at radius 1 is 1.38 bits per heavy atom. The molecule has 1 aromatic rings. The molecule has 0 fully saturated rings. The SMILES string of the molecule is COC(=O)c1ccc(O[B]O)cc1. The Hall–Kier alpha value is -1.49. The van der Waals surface area contributed by atoms with Crippen molar-refractivity contribution in [2.45, 2.75) is 0 Å². The lowest BCUT2D eigenvalue weighted by molar-refractivity contribution is 0.0601. The number of benzene rings is 1. The first-order valence-electron chi connectivity index (χ1n) is 3.59. The zero-order chi connectivity index (χ0) is 9.68. The van der Waals surface area contributed by atoms with E-state index in [0.717, 1.165) is 0 Å². The standard InChI is InChI=1S/C8H8BO4/c1-12-8(10)6-2-4-7(5-3-6)13-9-11/h2-5,11H,1H3. The molecule has 1 aromatic carbocycles. The first-order chi connectivity index (χ1) is 6.27. The van der Waals surface area contributed by atoms with Crippen molar-refractivity contribution in [2.75, 3.05) is 7.11 Å². The highest BCUT2D eigenvalue weighted by Gasteiger charge is 2.04. The molecule has 0 atom stereocenters. The number of ether oxygens (including phenoxy) is 1. The Labute approximate surface area is 76.4 Å². The summed E-state index contributed by atoms with van der Waals surface area (Å²) in [6.07, 6.45) is 0. The maximum absolute atomic E-state index is 11.0. The first-order valence-corrected chi connectivity index (χ1v) is 3.59. The highest BCUT2D eigenvalue weighted by atomic mass is 16.5. The van der Waals surface area contributed by atoms with E-state index in [1.807, 2.05) is 0 Å². The van der Waals surface area contributed by atoms with Gasteiger partial charge in [0.15, 0.2) is 0 Å². The molecular formula is C8H8BO4. The van der Waals surface area contributed by atoms with Crippen LogP contribution < -0.4 is 4.65 Å². The normalized spacial score (nSPS) is 9.08. The monoisotopic (exact) mass is 179 g/mol. The molecule has 0 saturated heterocycles. The van der Waals surface area contributed by atoms with Gasteiger partial charge in [-0.3, -0.25) is 0 Å². The van der Waals surface area contributed by atoms with E-state index < -0.39 is 5.97 Å². The molecule has 0 spiro atoms. The Kier molecular flexibility index (Phi) is 3.34. The van der Waals surface area contributed by atoms with Gasteiger partial charge in [-0.1, -0.05) is 0 Å². The Bertz CT molecular complexity index is 283. The minimum absolute atomic E-state index is 0.403. The van der Waals surface area contributed by atoms with Crippen molar-refractivity contribution in [3.8, 4) is 5.75 Å². The first kappa shape index (κ1) is 9.60. The van der Waals surface area contributed by atoms with E-state index in [9.17, 15) is 4.79 Å². The molecule has 1 radical (unpaired) electrons. The largest absolute Gasteiger partial charge is 0.569 e. The van der Waals surface area contributed by atoms with Crippen LogP contribution in [-0.4, -0.2) is 25.8 Å². The molecule has 0 aliphatic heterocycles. The minimum atomic E-state index is -0.403. The van der Waals surface area contributed by atoms with E-state index in [2.05, 4.69) is 9.39 Å². The van der Waals surface area contributed by atoms with Gasteiger partial charge in [-0.25, -0.2) is 4.79 Å². The van der Waals surface area contributed by atoms with E-state index in [-0.39, 0.29) is 0 Å². The average molecular weight is 179 g/mol. The number of hydrogen-bond acceptors (Lipinski definition) is 4. The summed E-state index contributed by atoms with van der Waals surface area (Å²) in [6.45, 7) is 0. The summed E-state index contributed by atoms with van der Waals surface area (Å²) in [5.41, 5.74) is 0.438. The van der Waals surface area contributed by atoms with Crippen LogP contribution in [0.2, 0.25) is 0 Å². The quantitative estimate of drug-likeness (QED) is 0.538. The van der Waals surface area contributed by atoms with E-state index in [1.54, 1.807) is 24.3 Å². The van der Waals surface area contributed by atoms with Gasteiger partial charge in [0.25, 0.3) is 0 Å². The number of carbonyl (C=O) groups is 1. The van der Waals surface area contributed by atoms with Gasteiger partial charge in [-0.2, -0.15) is 0 Å². The van der Waals surface area contributed by atoms with Crippen molar-refractivity contribution in [3.63, 3.8) is 0 Å². The second-order valence-corrected chi connectivity index (χ2v) is 2.24. The number of methoxy groups -OCH3 is 1. The lowest BCUT2D eigenvalue weighted by atomic mass is 10.2. The van der Waals surface area contributed by atoms with Crippen LogP contribution >= 0.6 is 0 Å². The van der Waals surface area contributed by atoms with Crippen LogP contribution in [0.5, 0.6) is 5.75 Å². The molecule has 0 aliphatic carbocycles. The lowest BCUT2D eigenvalue weighted by Gasteiger charge is -2.02. The minimum Gasteiger partial charge on any atom is -0.537 e. The Morgan fingerprint density at radius 2 is 2.00 bits per heavy atom. The van der Waals surface area contributed by atoms with Gasteiger partial charge in [0.1, 0.15) is 5.75 Å². The number of rotatable bonds is 3. The molecule has 0 saturated carbocycles. The number of hydrogen-bond donors (Lipinski definition) is 1. The second kappa shape index (κ2) is 4.52. The lowest BCUT2D eigenvalue weighted by Crippen LogP contribution is -2.02. The van der Waals surface area contributed by atoms with Gasteiger partial charge in [0.05, 0.1) is 12.7 Å². The molecule has 0 bridgehead atoms. The van der Waals surface area contributed by atoms with Crippen LogP contribution in [0.3, 0.4) is 0 Å². The van der Waals surface area contributed by atoms with Crippen LogP contribution in [0, 0.1) is 0 Å². The van der Waals surface area contributed by atoms with Gasteiger partial charge in [0, 0.05) is 0 Å². The van der Waals surface area contributed by atoms with Gasteiger partial charge in [-0.15, -0.1) is 0 Å². The summed E-state index contributed by atoms with van der Waals surface area (Å²) in [4.78, 5) is 11.0. The van der Waals surface area contributed by atoms with E-state index >= 15 is 0 Å². The van der Waals surface area contributed by atoms with Crippen molar-refractivity contribution in [1.29, 1.82) is 0 Å². The fourth-order valence-electron chi connectivity index (χ4n) is 0.848. The maximum atomic E-state index is 11.0. The van der Waals surface area contributed by atoms with Crippen molar-refractivity contribution in [1.82, 2.24) is 0 Å². The summed E-state index contributed by atoms with van der Waals surface area (Å²) < 4.78 is 9.15. The fourth-order valence-corrected chi connectivity index (χ4v) is 0.848. The third-order valence-corrected chi connectivity index (χ3v) is 1.46. The van der Waals surface area contributed by atoms with Gasteiger partial charge >= 0.3 is 13.7 Å². The summed E-state index contributed by atoms with van der Waals surface area (Å²) in [5.74, 6) is 0.0506. The molecule has 1 N–H and O–H groups in total. The van der Waals surface area contributed by atoms with E-state index in [1.165, 1.54) is 7.11 Å².